The van der Waals surface area contributed by atoms with Gasteiger partial charge < -0.3 is 0 Å². The van der Waals surface area contributed by atoms with Crippen molar-refractivity contribution in [2.45, 2.75) is 26.8 Å². The molecule has 2 aromatic rings. The molecule has 0 aromatic heterocycles. The standard InChI is InChI=1S/C16H17N.C2H6/c1-11-7-6-10-13-12-8-4-5-9-14(12)16(15(11)13)17(2)3;1-2/h4-10,16H,1-3H3;1-2H3. The molecule has 1 aliphatic carbocycles. The first-order valence-corrected chi connectivity index (χ1v) is 7.05. The van der Waals surface area contributed by atoms with Crippen molar-refractivity contribution in [1.29, 1.82) is 0 Å². The fraction of sp³-hybridized carbons (Fsp3) is 0.333. The quantitative estimate of drug-likeness (QED) is 0.715. The summed E-state index contributed by atoms with van der Waals surface area (Å²) in [5.41, 5.74) is 7.09. The van der Waals surface area contributed by atoms with E-state index in [1.807, 2.05) is 13.8 Å². The Morgan fingerprint density at radius 3 is 2.16 bits per heavy atom. The third-order valence-corrected chi connectivity index (χ3v) is 3.66. The summed E-state index contributed by atoms with van der Waals surface area (Å²) in [4.78, 5) is 2.30. The van der Waals surface area contributed by atoms with Gasteiger partial charge in [0.2, 0.25) is 0 Å². The summed E-state index contributed by atoms with van der Waals surface area (Å²) >= 11 is 0. The van der Waals surface area contributed by atoms with Crippen molar-refractivity contribution in [3.63, 3.8) is 0 Å². The molecule has 0 radical (unpaired) electrons. The Morgan fingerprint density at radius 2 is 1.47 bits per heavy atom. The molecule has 0 N–H and O–H groups in total. The molecule has 1 nitrogen and oxygen atoms in total. The molecule has 100 valence electrons. The van der Waals surface area contributed by atoms with Crippen LogP contribution in [0.15, 0.2) is 42.5 Å². The number of hydrogen-bond acceptors (Lipinski definition) is 1. The Kier molecular flexibility index (Phi) is 4.06. The van der Waals surface area contributed by atoms with Gasteiger partial charge in [-0.05, 0) is 48.8 Å². The molecule has 1 atom stereocenters. The van der Waals surface area contributed by atoms with Crippen molar-refractivity contribution in [2.24, 2.45) is 0 Å². The summed E-state index contributed by atoms with van der Waals surface area (Å²) in [6, 6.07) is 15.8. The van der Waals surface area contributed by atoms with Gasteiger partial charge >= 0.3 is 0 Å². The third-order valence-electron chi connectivity index (χ3n) is 3.66. The van der Waals surface area contributed by atoms with Crippen molar-refractivity contribution >= 4 is 0 Å². The van der Waals surface area contributed by atoms with Crippen LogP contribution in [-0.2, 0) is 0 Å². The van der Waals surface area contributed by atoms with Crippen molar-refractivity contribution in [3.05, 3.63) is 59.2 Å². The van der Waals surface area contributed by atoms with E-state index in [0.717, 1.165) is 0 Å². The smallest absolute Gasteiger partial charge is 0.0611 e. The molecule has 0 amide bonds. The lowest BCUT2D eigenvalue weighted by Gasteiger charge is -2.23. The monoisotopic (exact) mass is 253 g/mol. The van der Waals surface area contributed by atoms with Gasteiger partial charge in [0, 0.05) is 0 Å². The van der Waals surface area contributed by atoms with E-state index in [1.54, 1.807) is 0 Å². The minimum absolute atomic E-state index is 0.405. The Hall–Kier alpha value is -1.60. The highest BCUT2D eigenvalue weighted by Crippen LogP contribution is 2.46. The molecular formula is C18H23N. The maximum absolute atomic E-state index is 2.30. The first-order valence-electron chi connectivity index (χ1n) is 7.05. The molecule has 1 unspecified atom stereocenters. The van der Waals surface area contributed by atoms with E-state index < -0.39 is 0 Å². The average molecular weight is 253 g/mol. The summed E-state index contributed by atoms with van der Waals surface area (Å²) < 4.78 is 0. The molecule has 0 aliphatic heterocycles. The van der Waals surface area contributed by atoms with Crippen LogP contribution in [0.2, 0.25) is 0 Å². The highest BCUT2D eigenvalue weighted by atomic mass is 15.1. The van der Waals surface area contributed by atoms with Gasteiger partial charge in [-0.1, -0.05) is 56.3 Å². The van der Waals surface area contributed by atoms with Gasteiger partial charge in [0.25, 0.3) is 0 Å². The zero-order valence-electron chi connectivity index (χ0n) is 12.6. The molecular weight excluding hydrogens is 230 g/mol. The van der Waals surface area contributed by atoms with E-state index >= 15 is 0 Å². The van der Waals surface area contributed by atoms with Gasteiger partial charge in [-0.2, -0.15) is 0 Å². The molecule has 0 fully saturated rings. The fourth-order valence-electron chi connectivity index (χ4n) is 2.95. The van der Waals surface area contributed by atoms with Crippen LogP contribution >= 0.6 is 0 Å². The van der Waals surface area contributed by atoms with Crippen LogP contribution in [0.5, 0.6) is 0 Å². The topological polar surface area (TPSA) is 3.24 Å². The molecule has 2 aromatic carbocycles. The maximum atomic E-state index is 2.30. The van der Waals surface area contributed by atoms with Gasteiger partial charge in [0.15, 0.2) is 0 Å². The maximum Gasteiger partial charge on any atom is 0.0611 e. The number of nitrogens with zero attached hydrogens (tertiary/aromatic N) is 1. The predicted octanol–water partition coefficient (Wildman–Crippen LogP) is 4.65. The highest BCUT2D eigenvalue weighted by Gasteiger charge is 2.30. The molecule has 0 saturated heterocycles. The van der Waals surface area contributed by atoms with Crippen molar-refractivity contribution in [1.82, 2.24) is 4.90 Å². The zero-order valence-corrected chi connectivity index (χ0v) is 12.6. The molecule has 0 spiro atoms. The van der Waals surface area contributed by atoms with Crippen LogP contribution in [0.4, 0.5) is 0 Å². The van der Waals surface area contributed by atoms with Crippen LogP contribution in [0.25, 0.3) is 11.1 Å². The SMILES string of the molecule is CC.Cc1cccc2c1C(N(C)C)c1ccccc1-2. The molecule has 0 heterocycles. The average Bonchev–Trinajstić information content (AvgIpc) is 2.77. The lowest BCUT2D eigenvalue weighted by molar-refractivity contribution is 0.347. The zero-order chi connectivity index (χ0) is 14.0. The fourth-order valence-corrected chi connectivity index (χ4v) is 2.95. The minimum atomic E-state index is 0.405. The molecule has 3 rings (SSSR count). The van der Waals surface area contributed by atoms with Crippen molar-refractivity contribution in [2.75, 3.05) is 14.1 Å². The van der Waals surface area contributed by atoms with Gasteiger partial charge in [-0.3, -0.25) is 4.90 Å². The molecule has 0 bridgehead atoms. The van der Waals surface area contributed by atoms with Gasteiger partial charge in [0.1, 0.15) is 0 Å². The van der Waals surface area contributed by atoms with E-state index in [9.17, 15) is 0 Å². The predicted molar refractivity (Wildman–Crippen MR) is 83.5 cm³/mol. The second kappa shape index (κ2) is 5.58. The van der Waals surface area contributed by atoms with E-state index in [4.69, 9.17) is 0 Å². The van der Waals surface area contributed by atoms with Gasteiger partial charge in [-0.15, -0.1) is 0 Å². The van der Waals surface area contributed by atoms with Crippen LogP contribution < -0.4 is 0 Å². The number of rotatable bonds is 1. The first-order chi connectivity index (χ1) is 9.20. The summed E-state index contributed by atoms with van der Waals surface area (Å²) in [6.07, 6.45) is 0. The van der Waals surface area contributed by atoms with Crippen LogP contribution in [0, 0.1) is 6.92 Å². The molecule has 0 saturated carbocycles. The Balaban J connectivity index is 0.000000637. The lowest BCUT2D eigenvalue weighted by Crippen LogP contribution is -2.19. The van der Waals surface area contributed by atoms with Crippen molar-refractivity contribution < 1.29 is 0 Å². The van der Waals surface area contributed by atoms with Gasteiger partial charge in [-0.25, -0.2) is 0 Å². The first kappa shape index (κ1) is 13.8. The second-order valence-electron chi connectivity index (χ2n) is 4.99. The number of benzene rings is 2. The largest absolute Gasteiger partial charge is 0.298 e. The number of aryl methyl sites for hydroxylation is 1. The van der Waals surface area contributed by atoms with E-state index in [-0.39, 0.29) is 0 Å². The second-order valence-corrected chi connectivity index (χ2v) is 4.99. The van der Waals surface area contributed by atoms with E-state index in [0.29, 0.717) is 6.04 Å². The van der Waals surface area contributed by atoms with Crippen LogP contribution in [-0.4, -0.2) is 19.0 Å². The lowest BCUT2D eigenvalue weighted by atomic mass is 9.99. The number of hydrogen-bond donors (Lipinski definition) is 0. The van der Waals surface area contributed by atoms with Gasteiger partial charge in [0.05, 0.1) is 6.04 Å². The Bertz CT molecular complexity index is 570. The molecule has 1 heteroatoms. The van der Waals surface area contributed by atoms with Crippen LogP contribution in [0.3, 0.4) is 0 Å². The van der Waals surface area contributed by atoms with Crippen LogP contribution in [0.1, 0.15) is 36.6 Å². The normalized spacial score (nSPS) is 15.6. The molecule has 19 heavy (non-hydrogen) atoms. The summed E-state index contributed by atoms with van der Waals surface area (Å²) in [5, 5.41) is 0. The minimum Gasteiger partial charge on any atom is -0.298 e. The van der Waals surface area contributed by atoms with E-state index in [2.05, 4.69) is 68.4 Å². The summed E-state index contributed by atoms with van der Waals surface area (Å²) in [5.74, 6) is 0. The van der Waals surface area contributed by atoms with Crippen molar-refractivity contribution in [3.8, 4) is 11.1 Å². The number of fused-ring (bicyclic) bond motifs is 3. The Labute approximate surface area is 116 Å². The Morgan fingerprint density at radius 1 is 0.842 bits per heavy atom. The van der Waals surface area contributed by atoms with E-state index in [1.165, 1.54) is 27.8 Å². The molecule has 1 aliphatic rings. The third kappa shape index (κ3) is 2.19. The highest BCUT2D eigenvalue weighted by molar-refractivity contribution is 5.79. The summed E-state index contributed by atoms with van der Waals surface area (Å²) in [7, 11) is 4.31. The summed E-state index contributed by atoms with van der Waals surface area (Å²) in [6.45, 7) is 6.21.